The lowest BCUT2D eigenvalue weighted by Crippen LogP contribution is -2.59. The van der Waals surface area contributed by atoms with Crippen molar-refractivity contribution in [1.82, 2.24) is 0 Å². The van der Waals surface area contributed by atoms with E-state index in [1.165, 1.54) is 6.92 Å². The highest BCUT2D eigenvalue weighted by molar-refractivity contribution is 4.89. The fraction of sp³-hybridized carbons (Fsp3) is 1.00. The normalized spacial score (nSPS) is 51.9. The van der Waals surface area contributed by atoms with E-state index in [0.29, 0.717) is 0 Å². The molecule has 0 aromatic carbocycles. The van der Waals surface area contributed by atoms with Crippen molar-refractivity contribution in [2.24, 2.45) is 0 Å². The van der Waals surface area contributed by atoms with Gasteiger partial charge in [0.1, 0.15) is 42.7 Å². The van der Waals surface area contributed by atoms with Crippen molar-refractivity contribution in [3.8, 4) is 0 Å². The average Bonchev–Trinajstić information content (AvgIpc) is 2.46. The molecule has 2 fully saturated rings. The second-order valence-corrected chi connectivity index (χ2v) is 5.44. The van der Waals surface area contributed by atoms with Crippen molar-refractivity contribution < 1.29 is 44.8 Å². The summed E-state index contributed by atoms with van der Waals surface area (Å²) in [5.41, 5.74) is 0. The minimum Gasteiger partial charge on any atom is -0.388 e. The summed E-state index contributed by atoms with van der Waals surface area (Å²) in [6, 6.07) is 0. The quantitative estimate of drug-likeness (QED) is 0.310. The lowest BCUT2D eigenvalue weighted by molar-refractivity contribution is -0.304. The maximum atomic E-state index is 9.76. The molecule has 0 aliphatic carbocycles. The Morgan fingerprint density at radius 1 is 0.905 bits per heavy atom. The molecule has 0 saturated carbocycles. The van der Waals surface area contributed by atoms with Gasteiger partial charge in [-0.15, -0.1) is 0 Å². The Kier molecular flexibility index (Phi) is 5.52. The van der Waals surface area contributed by atoms with Crippen LogP contribution in [0.2, 0.25) is 0 Å². The molecule has 0 bridgehead atoms. The first-order valence-corrected chi connectivity index (χ1v) is 6.80. The van der Waals surface area contributed by atoms with E-state index in [4.69, 9.17) is 14.2 Å². The number of ether oxygens (including phenoxy) is 3. The first kappa shape index (κ1) is 17.0. The minimum absolute atomic E-state index is 0.155. The number of rotatable bonds is 3. The van der Waals surface area contributed by atoms with Crippen molar-refractivity contribution in [2.45, 2.75) is 62.0 Å². The molecular formula is C12H22O9. The average molecular weight is 310 g/mol. The van der Waals surface area contributed by atoms with Crippen molar-refractivity contribution >= 4 is 0 Å². The molecule has 9 unspecified atom stereocenters. The number of aliphatic hydroxyl groups excluding tert-OH is 6. The van der Waals surface area contributed by atoms with E-state index in [1.807, 2.05) is 0 Å². The lowest BCUT2D eigenvalue weighted by Gasteiger charge is -2.40. The molecule has 2 aliphatic heterocycles. The van der Waals surface area contributed by atoms with Crippen molar-refractivity contribution in [2.75, 3.05) is 13.2 Å². The molecule has 9 nitrogen and oxygen atoms in total. The van der Waals surface area contributed by atoms with Crippen LogP contribution in [0.3, 0.4) is 0 Å². The van der Waals surface area contributed by atoms with Gasteiger partial charge in [-0.25, -0.2) is 0 Å². The Labute approximate surface area is 121 Å². The molecule has 2 rings (SSSR count). The van der Waals surface area contributed by atoms with Crippen molar-refractivity contribution in [3.05, 3.63) is 0 Å². The van der Waals surface area contributed by atoms with Crippen LogP contribution in [0.25, 0.3) is 0 Å². The summed E-state index contributed by atoms with van der Waals surface area (Å²) in [5.74, 6) is 0. The fourth-order valence-electron chi connectivity index (χ4n) is 2.35. The molecule has 0 spiro atoms. The second kappa shape index (κ2) is 6.82. The molecule has 2 saturated heterocycles. The second-order valence-electron chi connectivity index (χ2n) is 5.44. The zero-order chi connectivity index (χ0) is 15.7. The molecule has 2 heterocycles. The topological polar surface area (TPSA) is 149 Å². The molecule has 2 aliphatic rings. The van der Waals surface area contributed by atoms with Gasteiger partial charge < -0.3 is 44.8 Å². The van der Waals surface area contributed by atoms with Crippen LogP contribution in [0.5, 0.6) is 0 Å². The largest absolute Gasteiger partial charge is 0.388 e. The standard InChI is InChI=1S/C12H22O9/c1-4-7(14)10(17)11(18)12(21-4)20-3-6-9(16)8(15)5(13)2-19-6/h4-18H,2-3H2,1H3. The summed E-state index contributed by atoms with van der Waals surface area (Å²) in [7, 11) is 0. The predicted molar refractivity (Wildman–Crippen MR) is 66.1 cm³/mol. The van der Waals surface area contributed by atoms with E-state index in [1.54, 1.807) is 0 Å². The van der Waals surface area contributed by atoms with Gasteiger partial charge in [0.2, 0.25) is 0 Å². The van der Waals surface area contributed by atoms with Crippen LogP contribution in [-0.4, -0.2) is 99.0 Å². The van der Waals surface area contributed by atoms with E-state index in [2.05, 4.69) is 0 Å². The lowest BCUT2D eigenvalue weighted by atomic mass is 9.99. The van der Waals surface area contributed by atoms with Crippen LogP contribution in [-0.2, 0) is 14.2 Å². The third-order valence-electron chi connectivity index (χ3n) is 3.84. The fourth-order valence-corrected chi connectivity index (χ4v) is 2.35. The van der Waals surface area contributed by atoms with E-state index in [9.17, 15) is 30.6 Å². The van der Waals surface area contributed by atoms with Gasteiger partial charge in [-0.05, 0) is 6.92 Å². The molecule has 21 heavy (non-hydrogen) atoms. The Morgan fingerprint density at radius 2 is 1.57 bits per heavy atom. The van der Waals surface area contributed by atoms with Gasteiger partial charge in [0.25, 0.3) is 0 Å². The molecule has 0 aromatic rings. The first-order valence-electron chi connectivity index (χ1n) is 6.80. The van der Waals surface area contributed by atoms with E-state index >= 15 is 0 Å². The highest BCUT2D eigenvalue weighted by atomic mass is 16.7. The summed E-state index contributed by atoms with van der Waals surface area (Å²) in [5, 5.41) is 57.5. The van der Waals surface area contributed by atoms with Gasteiger partial charge in [-0.1, -0.05) is 0 Å². The predicted octanol–water partition coefficient (Wildman–Crippen LogP) is -3.69. The van der Waals surface area contributed by atoms with Gasteiger partial charge in [0.15, 0.2) is 6.29 Å². The summed E-state index contributed by atoms with van der Waals surface area (Å²) in [6.45, 7) is 1.14. The SMILES string of the molecule is CC1OC(OCC2OCC(O)C(O)C2O)C(O)C(O)C1O. The van der Waals surface area contributed by atoms with Crippen LogP contribution in [0, 0.1) is 0 Å². The molecule has 0 aromatic heterocycles. The van der Waals surface area contributed by atoms with Crippen molar-refractivity contribution in [3.63, 3.8) is 0 Å². The highest BCUT2D eigenvalue weighted by Gasteiger charge is 2.44. The number of hydrogen-bond donors (Lipinski definition) is 6. The van der Waals surface area contributed by atoms with Gasteiger partial charge in [-0.3, -0.25) is 0 Å². The van der Waals surface area contributed by atoms with E-state index in [0.717, 1.165) is 0 Å². The van der Waals surface area contributed by atoms with Crippen LogP contribution in [0.4, 0.5) is 0 Å². The molecule has 9 atom stereocenters. The van der Waals surface area contributed by atoms with E-state index in [-0.39, 0.29) is 13.2 Å². The monoisotopic (exact) mass is 310 g/mol. The summed E-state index contributed by atoms with van der Waals surface area (Å²) in [6.07, 6.45) is -10.8. The molecule has 124 valence electrons. The smallest absolute Gasteiger partial charge is 0.186 e. The van der Waals surface area contributed by atoms with Crippen molar-refractivity contribution in [1.29, 1.82) is 0 Å². The Bertz CT molecular complexity index is 341. The van der Waals surface area contributed by atoms with Gasteiger partial charge in [-0.2, -0.15) is 0 Å². The van der Waals surface area contributed by atoms with Gasteiger partial charge in [0.05, 0.1) is 19.3 Å². The minimum atomic E-state index is -1.45. The third kappa shape index (κ3) is 3.52. The zero-order valence-electron chi connectivity index (χ0n) is 11.5. The molecular weight excluding hydrogens is 288 g/mol. The Morgan fingerprint density at radius 3 is 2.24 bits per heavy atom. The van der Waals surface area contributed by atoms with Gasteiger partial charge in [0, 0.05) is 0 Å². The Balaban J connectivity index is 1.88. The van der Waals surface area contributed by atoms with Crippen LogP contribution in [0.15, 0.2) is 0 Å². The third-order valence-corrected chi connectivity index (χ3v) is 3.84. The first-order chi connectivity index (χ1) is 9.82. The molecule has 6 N–H and O–H groups in total. The Hall–Kier alpha value is -0.360. The maximum absolute atomic E-state index is 9.76. The maximum Gasteiger partial charge on any atom is 0.186 e. The van der Waals surface area contributed by atoms with Gasteiger partial charge >= 0.3 is 0 Å². The summed E-state index contributed by atoms with van der Waals surface area (Å²) >= 11 is 0. The summed E-state index contributed by atoms with van der Waals surface area (Å²) in [4.78, 5) is 0. The molecule has 0 amide bonds. The highest BCUT2D eigenvalue weighted by Crippen LogP contribution is 2.23. The summed E-state index contributed by atoms with van der Waals surface area (Å²) < 4.78 is 15.6. The van der Waals surface area contributed by atoms with Crippen LogP contribution in [0.1, 0.15) is 6.92 Å². The number of aliphatic hydroxyl groups is 6. The molecule has 0 radical (unpaired) electrons. The molecule has 9 heteroatoms. The van der Waals surface area contributed by atoms with Crippen LogP contribution >= 0.6 is 0 Å². The zero-order valence-corrected chi connectivity index (χ0v) is 11.5. The number of hydrogen-bond acceptors (Lipinski definition) is 9. The van der Waals surface area contributed by atoms with Crippen LogP contribution < -0.4 is 0 Å². The van der Waals surface area contributed by atoms with E-state index < -0.39 is 55.1 Å².